The van der Waals surface area contributed by atoms with E-state index in [0.717, 1.165) is 16.9 Å². The summed E-state index contributed by atoms with van der Waals surface area (Å²) < 4.78 is 1.78. The highest BCUT2D eigenvalue weighted by Gasteiger charge is 2.31. The van der Waals surface area contributed by atoms with E-state index < -0.39 is 0 Å². The molecule has 0 aliphatic heterocycles. The van der Waals surface area contributed by atoms with E-state index >= 15 is 0 Å². The second kappa shape index (κ2) is 4.43. The first-order valence-electron chi connectivity index (χ1n) is 6.62. The van der Waals surface area contributed by atoms with E-state index in [1.54, 1.807) is 11.6 Å². The highest BCUT2D eigenvalue weighted by Crippen LogP contribution is 2.31. The predicted molar refractivity (Wildman–Crippen MR) is 78.0 cm³/mol. The summed E-state index contributed by atoms with van der Waals surface area (Å²) in [6, 6.07) is 0. The van der Waals surface area contributed by atoms with Gasteiger partial charge in [0.2, 0.25) is 5.95 Å². The zero-order valence-corrected chi connectivity index (χ0v) is 11.8. The quantitative estimate of drug-likeness (QED) is 0.690. The Morgan fingerprint density at radius 3 is 2.80 bits per heavy atom. The third kappa shape index (κ3) is 1.99. The van der Waals surface area contributed by atoms with Crippen LogP contribution in [0.1, 0.15) is 39.8 Å². The van der Waals surface area contributed by atoms with E-state index in [1.165, 1.54) is 0 Å². The summed E-state index contributed by atoms with van der Waals surface area (Å²) in [5, 5.41) is 4.48. The fourth-order valence-corrected chi connectivity index (χ4v) is 3.02. The molecule has 0 fully saturated rings. The highest BCUT2D eigenvalue weighted by molar-refractivity contribution is 6.33. The standard InChI is InChI=1S/C13H16BN5O/c1-6-11-9(17-13(15)16-6)3-7(4-10(11)20)12-8(14)5-19(2)18-12/h5,7H,3-4,14H2,1-2H3,(H2,15,16,17). The van der Waals surface area contributed by atoms with E-state index in [1.807, 2.05) is 21.1 Å². The number of nitrogens with two attached hydrogens (primary N) is 1. The Hall–Kier alpha value is -2.18. The number of ketones is 1. The molecule has 0 saturated carbocycles. The van der Waals surface area contributed by atoms with Crippen molar-refractivity contribution in [3.63, 3.8) is 0 Å². The van der Waals surface area contributed by atoms with Crippen molar-refractivity contribution in [2.24, 2.45) is 7.05 Å². The molecule has 1 aliphatic carbocycles. The first-order valence-corrected chi connectivity index (χ1v) is 6.62. The lowest BCUT2D eigenvalue weighted by Crippen LogP contribution is -2.25. The average molecular weight is 269 g/mol. The van der Waals surface area contributed by atoms with Gasteiger partial charge in [-0.2, -0.15) is 5.10 Å². The van der Waals surface area contributed by atoms with E-state index in [4.69, 9.17) is 5.73 Å². The Bertz CT molecular complexity index is 709. The lowest BCUT2D eigenvalue weighted by molar-refractivity contribution is 0.0961. The van der Waals surface area contributed by atoms with Gasteiger partial charge in [-0.1, -0.05) is 0 Å². The number of anilines is 1. The van der Waals surface area contributed by atoms with Crippen LogP contribution in [0, 0.1) is 6.92 Å². The minimum Gasteiger partial charge on any atom is -0.368 e. The van der Waals surface area contributed by atoms with Crippen LogP contribution < -0.4 is 11.2 Å². The van der Waals surface area contributed by atoms with Crippen LogP contribution in [0.15, 0.2) is 6.20 Å². The van der Waals surface area contributed by atoms with Crippen LogP contribution in [0.3, 0.4) is 0 Å². The summed E-state index contributed by atoms with van der Waals surface area (Å²) in [7, 11) is 3.90. The summed E-state index contributed by atoms with van der Waals surface area (Å²) in [6.45, 7) is 1.81. The van der Waals surface area contributed by atoms with Gasteiger partial charge in [-0.25, -0.2) is 9.97 Å². The van der Waals surface area contributed by atoms with Crippen molar-refractivity contribution < 1.29 is 4.79 Å². The Morgan fingerprint density at radius 2 is 2.15 bits per heavy atom. The molecule has 2 aromatic heterocycles. The molecular formula is C13H16BN5O. The number of nitrogens with zero attached hydrogens (tertiary/aromatic N) is 4. The Morgan fingerprint density at radius 1 is 1.40 bits per heavy atom. The number of carbonyl (C=O) groups excluding carboxylic acids is 1. The van der Waals surface area contributed by atoms with Crippen molar-refractivity contribution >= 4 is 25.0 Å². The smallest absolute Gasteiger partial charge is 0.220 e. The minimum atomic E-state index is 0.0740. The second-order valence-corrected chi connectivity index (χ2v) is 5.39. The third-order valence-corrected chi connectivity index (χ3v) is 3.77. The maximum absolute atomic E-state index is 12.4. The van der Waals surface area contributed by atoms with Crippen molar-refractivity contribution in [1.29, 1.82) is 0 Å². The summed E-state index contributed by atoms with van der Waals surface area (Å²) in [5.74, 6) is 0.385. The Labute approximate surface area is 117 Å². The van der Waals surface area contributed by atoms with Gasteiger partial charge >= 0.3 is 0 Å². The molecule has 2 N–H and O–H groups in total. The molecule has 1 unspecified atom stereocenters. The zero-order chi connectivity index (χ0) is 14.4. The number of aryl methyl sites for hydroxylation is 2. The number of aromatic nitrogens is 4. The molecule has 3 rings (SSSR count). The monoisotopic (exact) mass is 269 g/mol. The van der Waals surface area contributed by atoms with Gasteiger partial charge < -0.3 is 5.73 Å². The van der Waals surface area contributed by atoms with Gasteiger partial charge in [0.15, 0.2) is 5.78 Å². The number of hydrogen-bond acceptors (Lipinski definition) is 5. The van der Waals surface area contributed by atoms with Gasteiger partial charge in [-0.05, 0) is 18.8 Å². The van der Waals surface area contributed by atoms with Crippen molar-refractivity contribution in [3.8, 4) is 0 Å². The molecule has 0 bridgehead atoms. The summed E-state index contributed by atoms with van der Waals surface area (Å²) in [6.07, 6.45) is 3.11. The number of fused-ring (bicyclic) bond motifs is 1. The van der Waals surface area contributed by atoms with E-state index in [0.29, 0.717) is 24.1 Å². The number of nitrogen functional groups attached to an aromatic ring is 1. The third-order valence-electron chi connectivity index (χ3n) is 3.77. The van der Waals surface area contributed by atoms with Gasteiger partial charge in [0.25, 0.3) is 0 Å². The molecule has 7 heteroatoms. The molecule has 0 aromatic carbocycles. The maximum Gasteiger partial charge on any atom is 0.220 e. The highest BCUT2D eigenvalue weighted by atomic mass is 16.1. The molecule has 2 aromatic rings. The van der Waals surface area contributed by atoms with Crippen molar-refractivity contribution in [1.82, 2.24) is 19.7 Å². The van der Waals surface area contributed by atoms with Gasteiger partial charge in [-0.15, -0.1) is 0 Å². The molecule has 2 heterocycles. The zero-order valence-electron chi connectivity index (χ0n) is 11.8. The molecule has 6 nitrogen and oxygen atoms in total. The molecule has 20 heavy (non-hydrogen) atoms. The predicted octanol–water partition coefficient (Wildman–Crippen LogP) is -0.728. The molecule has 0 spiro atoms. The van der Waals surface area contributed by atoms with Crippen LogP contribution in [0.5, 0.6) is 0 Å². The largest absolute Gasteiger partial charge is 0.368 e. The van der Waals surface area contributed by atoms with Gasteiger partial charge in [0.05, 0.1) is 22.6 Å². The number of Topliss-reactive ketones (excluding diaryl/α,β-unsaturated/α-hetero) is 1. The lowest BCUT2D eigenvalue weighted by atomic mass is 9.80. The van der Waals surface area contributed by atoms with Crippen LogP contribution >= 0.6 is 0 Å². The maximum atomic E-state index is 12.4. The van der Waals surface area contributed by atoms with Crippen LogP contribution in [-0.2, 0) is 13.5 Å². The average Bonchev–Trinajstić information content (AvgIpc) is 2.66. The Kier molecular flexibility index (Phi) is 2.85. The van der Waals surface area contributed by atoms with Crippen LogP contribution in [0.4, 0.5) is 5.95 Å². The topological polar surface area (TPSA) is 86.7 Å². The molecule has 102 valence electrons. The van der Waals surface area contributed by atoms with Crippen LogP contribution in [0.2, 0.25) is 0 Å². The second-order valence-electron chi connectivity index (χ2n) is 5.39. The summed E-state index contributed by atoms with van der Waals surface area (Å²) in [5.41, 5.74) is 9.84. The Balaban J connectivity index is 2.04. The molecule has 0 saturated heterocycles. The fraction of sp³-hybridized carbons (Fsp3) is 0.385. The van der Waals surface area contributed by atoms with Crippen molar-refractivity contribution in [2.75, 3.05) is 5.73 Å². The first-order chi connectivity index (χ1) is 9.45. The summed E-state index contributed by atoms with van der Waals surface area (Å²) >= 11 is 0. The van der Waals surface area contributed by atoms with Gasteiger partial charge in [0, 0.05) is 25.6 Å². The molecule has 0 amide bonds. The number of rotatable bonds is 1. The van der Waals surface area contributed by atoms with Crippen LogP contribution in [0.25, 0.3) is 0 Å². The number of carbonyl (C=O) groups is 1. The number of hydrogen-bond donors (Lipinski definition) is 1. The normalized spacial score (nSPS) is 18.1. The molecule has 1 atom stereocenters. The van der Waals surface area contributed by atoms with Gasteiger partial charge in [0.1, 0.15) is 7.85 Å². The molecule has 0 radical (unpaired) electrons. The minimum absolute atomic E-state index is 0.0740. The van der Waals surface area contributed by atoms with Gasteiger partial charge in [-0.3, -0.25) is 9.48 Å². The molecule has 1 aliphatic rings. The SMILES string of the molecule is Bc1cn(C)nc1C1CC(=O)c2c(C)nc(N)nc2C1. The van der Waals surface area contributed by atoms with E-state index in [-0.39, 0.29) is 17.6 Å². The van der Waals surface area contributed by atoms with Crippen LogP contribution in [-0.4, -0.2) is 33.4 Å². The lowest BCUT2D eigenvalue weighted by Gasteiger charge is -2.23. The van der Waals surface area contributed by atoms with Crippen molar-refractivity contribution in [3.05, 3.63) is 28.8 Å². The fourth-order valence-electron chi connectivity index (χ4n) is 3.02. The van der Waals surface area contributed by atoms with E-state index in [9.17, 15) is 4.79 Å². The molecular weight excluding hydrogens is 253 g/mol. The van der Waals surface area contributed by atoms with E-state index in [2.05, 4.69) is 15.1 Å². The van der Waals surface area contributed by atoms with Crippen molar-refractivity contribution in [2.45, 2.75) is 25.7 Å². The first kappa shape index (κ1) is 12.8. The summed E-state index contributed by atoms with van der Waals surface area (Å²) in [4.78, 5) is 20.7.